The van der Waals surface area contributed by atoms with Crippen molar-refractivity contribution in [2.24, 2.45) is 17.8 Å². The van der Waals surface area contributed by atoms with Crippen LogP contribution in [0.2, 0.25) is 0 Å². The van der Waals surface area contributed by atoms with Gasteiger partial charge in [0.15, 0.2) is 0 Å². The zero-order valence-corrected chi connectivity index (χ0v) is 8.29. The molecule has 3 nitrogen and oxygen atoms in total. The van der Waals surface area contributed by atoms with Crippen LogP contribution in [0, 0.1) is 17.8 Å². The van der Waals surface area contributed by atoms with E-state index in [9.17, 15) is 13.2 Å². The summed E-state index contributed by atoms with van der Waals surface area (Å²) in [5.74, 6) is 1.91. The smallest absolute Gasteiger partial charge is 0.150 e. The molecule has 2 aliphatic rings. The molecule has 0 bridgehead atoms. The number of rotatable bonds is 2. The molecule has 0 amide bonds. The molecule has 74 valence electrons. The van der Waals surface area contributed by atoms with Crippen LogP contribution in [0.4, 0.5) is 0 Å². The third-order valence-electron chi connectivity index (χ3n) is 3.27. The molecule has 1 saturated carbocycles. The third-order valence-corrected chi connectivity index (χ3v) is 4.99. The minimum Gasteiger partial charge on any atom is -0.303 e. The average molecular weight is 202 g/mol. The molecule has 2 fully saturated rings. The van der Waals surface area contributed by atoms with Crippen molar-refractivity contribution in [3.8, 4) is 0 Å². The first-order chi connectivity index (χ1) is 6.12. The highest BCUT2D eigenvalue weighted by Crippen LogP contribution is 2.46. The van der Waals surface area contributed by atoms with E-state index in [0.29, 0.717) is 23.3 Å². The van der Waals surface area contributed by atoms with Gasteiger partial charge in [0.05, 0.1) is 11.5 Å². The van der Waals surface area contributed by atoms with E-state index in [-0.39, 0.29) is 5.92 Å². The van der Waals surface area contributed by atoms with Crippen molar-refractivity contribution in [1.82, 2.24) is 0 Å². The predicted molar refractivity (Wildman–Crippen MR) is 49.0 cm³/mol. The second-order valence-electron chi connectivity index (χ2n) is 4.19. The van der Waals surface area contributed by atoms with E-state index in [1.807, 2.05) is 0 Å². The van der Waals surface area contributed by atoms with Crippen LogP contribution in [0.5, 0.6) is 0 Å². The molecule has 0 radical (unpaired) electrons. The van der Waals surface area contributed by atoms with Gasteiger partial charge < -0.3 is 4.79 Å². The Hall–Kier alpha value is -0.380. The van der Waals surface area contributed by atoms with E-state index in [4.69, 9.17) is 0 Å². The molecule has 2 atom stereocenters. The Morgan fingerprint density at radius 2 is 1.77 bits per heavy atom. The quantitative estimate of drug-likeness (QED) is 0.618. The Bertz CT molecular complexity index is 293. The predicted octanol–water partition coefficient (Wildman–Crippen LogP) is 0.646. The lowest BCUT2D eigenvalue weighted by Gasteiger charge is -2.21. The van der Waals surface area contributed by atoms with E-state index in [2.05, 4.69) is 0 Å². The van der Waals surface area contributed by atoms with Gasteiger partial charge in [-0.1, -0.05) is 0 Å². The molecular formula is C9H14O3S. The van der Waals surface area contributed by atoms with Gasteiger partial charge in [-0.3, -0.25) is 0 Å². The first-order valence-corrected chi connectivity index (χ1v) is 6.60. The van der Waals surface area contributed by atoms with Gasteiger partial charge in [-0.2, -0.15) is 0 Å². The molecule has 0 aromatic carbocycles. The average Bonchev–Trinajstić information content (AvgIpc) is 2.83. The Kier molecular flexibility index (Phi) is 2.18. The maximum absolute atomic E-state index is 11.1. The number of aldehydes is 1. The number of hydrogen-bond acceptors (Lipinski definition) is 3. The van der Waals surface area contributed by atoms with Gasteiger partial charge in [-0.05, 0) is 31.1 Å². The van der Waals surface area contributed by atoms with Gasteiger partial charge in [0.2, 0.25) is 0 Å². The zero-order valence-electron chi connectivity index (χ0n) is 7.48. The standard InChI is InChI=1S/C9H14O3S/c10-6-8-5-9(8)7-1-3-13(11,12)4-2-7/h6-9H,1-5H2/t8-,9-/m1/s1. The van der Waals surface area contributed by atoms with E-state index < -0.39 is 9.84 Å². The summed E-state index contributed by atoms with van der Waals surface area (Å²) in [5.41, 5.74) is 0. The van der Waals surface area contributed by atoms with Gasteiger partial charge in [0, 0.05) is 5.92 Å². The van der Waals surface area contributed by atoms with Crippen LogP contribution in [0.15, 0.2) is 0 Å². The van der Waals surface area contributed by atoms with Crippen molar-refractivity contribution in [1.29, 1.82) is 0 Å². The minimum atomic E-state index is -2.73. The van der Waals surface area contributed by atoms with Gasteiger partial charge in [0.25, 0.3) is 0 Å². The fraction of sp³-hybridized carbons (Fsp3) is 0.889. The van der Waals surface area contributed by atoms with E-state index in [0.717, 1.165) is 25.5 Å². The van der Waals surface area contributed by atoms with Crippen LogP contribution in [0.25, 0.3) is 0 Å². The molecule has 1 aliphatic heterocycles. The molecule has 1 aliphatic carbocycles. The van der Waals surface area contributed by atoms with Gasteiger partial charge in [0.1, 0.15) is 16.1 Å². The van der Waals surface area contributed by atoms with Crippen LogP contribution >= 0.6 is 0 Å². The van der Waals surface area contributed by atoms with E-state index >= 15 is 0 Å². The summed E-state index contributed by atoms with van der Waals surface area (Å²) in [6.45, 7) is 0. The second kappa shape index (κ2) is 3.08. The lowest BCUT2D eigenvalue weighted by Crippen LogP contribution is -2.24. The maximum atomic E-state index is 11.1. The van der Waals surface area contributed by atoms with Crippen LogP contribution in [0.3, 0.4) is 0 Å². The number of hydrogen-bond donors (Lipinski definition) is 0. The highest BCUT2D eigenvalue weighted by molar-refractivity contribution is 7.91. The number of sulfone groups is 1. The van der Waals surface area contributed by atoms with Crippen molar-refractivity contribution in [3.63, 3.8) is 0 Å². The van der Waals surface area contributed by atoms with Crippen molar-refractivity contribution in [2.45, 2.75) is 19.3 Å². The third kappa shape index (κ3) is 1.93. The summed E-state index contributed by atoms with van der Waals surface area (Å²) in [6, 6.07) is 0. The Labute approximate surface area is 78.4 Å². The van der Waals surface area contributed by atoms with Crippen molar-refractivity contribution in [3.05, 3.63) is 0 Å². The van der Waals surface area contributed by atoms with E-state index in [1.54, 1.807) is 0 Å². The molecule has 2 rings (SSSR count). The SMILES string of the molecule is O=C[C@H]1C[C@@H]1C1CCS(=O)(=O)CC1. The maximum Gasteiger partial charge on any atom is 0.150 e. The molecule has 0 N–H and O–H groups in total. The first kappa shape index (κ1) is 9.19. The highest BCUT2D eigenvalue weighted by atomic mass is 32.2. The van der Waals surface area contributed by atoms with Crippen molar-refractivity contribution < 1.29 is 13.2 Å². The zero-order chi connectivity index (χ0) is 9.47. The monoisotopic (exact) mass is 202 g/mol. The largest absolute Gasteiger partial charge is 0.303 e. The second-order valence-corrected chi connectivity index (χ2v) is 6.49. The summed E-state index contributed by atoms with van der Waals surface area (Å²) in [5, 5.41) is 0. The van der Waals surface area contributed by atoms with Crippen molar-refractivity contribution in [2.75, 3.05) is 11.5 Å². The molecule has 0 unspecified atom stereocenters. The van der Waals surface area contributed by atoms with E-state index in [1.165, 1.54) is 0 Å². The van der Waals surface area contributed by atoms with Crippen molar-refractivity contribution >= 4 is 16.1 Å². The molecular weight excluding hydrogens is 188 g/mol. The summed E-state index contributed by atoms with van der Waals surface area (Å²) in [7, 11) is -2.73. The molecule has 13 heavy (non-hydrogen) atoms. The molecule has 0 aromatic rings. The Morgan fingerprint density at radius 1 is 1.15 bits per heavy atom. The fourth-order valence-electron chi connectivity index (χ4n) is 2.27. The first-order valence-electron chi connectivity index (χ1n) is 4.78. The minimum absolute atomic E-state index is 0.241. The van der Waals surface area contributed by atoms with Crippen LogP contribution < -0.4 is 0 Å². The molecule has 0 spiro atoms. The van der Waals surface area contributed by atoms with Gasteiger partial charge >= 0.3 is 0 Å². The van der Waals surface area contributed by atoms with Crippen LogP contribution in [0.1, 0.15) is 19.3 Å². The number of carbonyl (C=O) groups is 1. The molecule has 4 heteroatoms. The summed E-state index contributed by atoms with van der Waals surface area (Å²) in [6.07, 6.45) is 3.57. The summed E-state index contributed by atoms with van der Waals surface area (Å²) >= 11 is 0. The Morgan fingerprint density at radius 3 is 2.23 bits per heavy atom. The molecule has 1 heterocycles. The van der Waals surface area contributed by atoms with Gasteiger partial charge in [-0.15, -0.1) is 0 Å². The lowest BCUT2D eigenvalue weighted by molar-refractivity contribution is -0.109. The molecule has 0 aromatic heterocycles. The normalized spacial score (nSPS) is 38.5. The summed E-state index contributed by atoms with van der Waals surface area (Å²) < 4.78 is 22.2. The lowest BCUT2D eigenvalue weighted by atomic mass is 9.96. The fourth-order valence-corrected chi connectivity index (χ4v) is 3.80. The van der Waals surface area contributed by atoms with Crippen LogP contribution in [-0.2, 0) is 14.6 Å². The highest BCUT2D eigenvalue weighted by Gasteiger charge is 2.44. The Balaban J connectivity index is 1.89. The summed E-state index contributed by atoms with van der Waals surface area (Å²) in [4.78, 5) is 10.4. The van der Waals surface area contributed by atoms with Crippen LogP contribution in [-0.4, -0.2) is 26.2 Å². The molecule has 1 saturated heterocycles. The van der Waals surface area contributed by atoms with Gasteiger partial charge in [-0.25, -0.2) is 8.42 Å². The number of carbonyl (C=O) groups excluding carboxylic acids is 1. The topological polar surface area (TPSA) is 51.2 Å².